The summed E-state index contributed by atoms with van der Waals surface area (Å²) in [6.07, 6.45) is 7.69. The molecule has 43 heavy (non-hydrogen) atoms. The molecule has 2 unspecified atom stereocenters. The summed E-state index contributed by atoms with van der Waals surface area (Å²) in [7, 11) is -1.17. The topological polar surface area (TPSA) is 104 Å². The maximum absolute atomic E-state index is 12.8. The normalized spacial score (nSPS) is 17.7. The van der Waals surface area contributed by atoms with Gasteiger partial charge >= 0.3 is 0 Å². The van der Waals surface area contributed by atoms with Crippen LogP contribution in [0, 0.1) is 0 Å². The van der Waals surface area contributed by atoms with Crippen LogP contribution in [0.5, 0.6) is 11.5 Å². The minimum absolute atomic E-state index is 0.0394. The molecule has 2 fully saturated rings. The Balaban J connectivity index is 0.000000392. The molecule has 1 aromatic heterocycles. The molecule has 2 bridgehead atoms. The second-order valence-electron chi connectivity index (χ2n) is 11.2. The summed E-state index contributed by atoms with van der Waals surface area (Å²) in [4.78, 5) is 22.1. The van der Waals surface area contributed by atoms with E-state index in [0.717, 1.165) is 70.0 Å². The Hall–Kier alpha value is -3.47. The number of amides is 1. The predicted octanol–water partition coefficient (Wildman–Crippen LogP) is 4.02. The number of para-hydroxylation sites is 1. The van der Waals surface area contributed by atoms with Crippen molar-refractivity contribution in [2.45, 2.75) is 55.8 Å². The van der Waals surface area contributed by atoms with Crippen LogP contribution in [0.15, 0.2) is 71.8 Å². The van der Waals surface area contributed by atoms with Crippen LogP contribution in [0.2, 0.25) is 0 Å². The molecule has 7 rings (SSSR count). The van der Waals surface area contributed by atoms with Crippen LogP contribution in [0.1, 0.15) is 48.0 Å². The Morgan fingerprint density at radius 1 is 1.09 bits per heavy atom. The first-order chi connectivity index (χ1) is 21.0. The second kappa shape index (κ2) is 15.3. The molecule has 5 heterocycles. The molecule has 0 aliphatic carbocycles. The molecule has 2 saturated heterocycles. The van der Waals surface area contributed by atoms with Gasteiger partial charge in [-0.05, 0) is 87.2 Å². The maximum Gasteiger partial charge on any atom is 0.255 e. The number of hydrogen-bond acceptors (Lipinski definition) is 8. The minimum atomic E-state index is -1.17. The zero-order valence-corrected chi connectivity index (χ0v) is 25.6. The van der Waals surface area contributed by atoms with Crippen molar-refractivity contribution in [1.29, 1.82) is 0 Å². The first kappa shape index (κ1) is 31.0. The number of benzene rings is 2. The Bertz CT molecular complexity index is 1320. The molecule has 9 nitrogen and oxygen atoms in total. The fourth-order valence-corrected chi connectivity index (χ4v) is 6.31. The van der Waals surface area contributed by atoms with E-state index < -0.39 is 16.9 Å². The Labute approximate surface area is 256 Å². The van der Waals surface area contributed by atoms with Gasteiger partial charge in [0, 0.05) is 38.1 Å². The lowest BCUT2D eigenvalue weighted by Gasteiger charge is -2.37. The van der Waals surface area contributed by atoms with Crippen LogP contribution in [0.3, 0.4) is 0 Å². The first-order valence-electron chi connectivity index (χ1n) is 15.2. The molecule has 2 aromatic carbocycles. The monoisotopic (exact) mass is 606 g/mol. The standard InChI is InChI=1S/C26H36N4O4S.C7H6O/c1-35(33)24-8-4-3-7-23(24)34-19-22(31)18-30(21-11-13-27-14-12-21)25-10-9-20(17-28-25)26(32)29-15-5-2-6-16-29;1-3-7-4-2-6(1)5-8-7/h3-4,7-10,17,21-22,27,31H,2,5-6,11-16,18-19H2,1H3;1-4H,5H2. The number of anilines is 1. The van der Waals surface area contributed by atoms with E-state index >= 15 is 0 Å². The van der Waals surface area contributed by atoms with Gasteiger partial charge in [-0.3, -0.25) is 9.00 Å². The highest BCUT2D eigenvalue weighted by molar-refractivity contribution is 7.84. The number of carbonyl (C=O) groups is 1. The van der Waals surface area contributed by atoms with Gasteiger partial charge in [0.2, 0.25) is 0 Å². The van der Waals surface area contributed by atoms with Crippen LogP contribution in [0.4, 0.5) is 5.82 Å². The molecule has 1 amide bonds. The van der Waals surface area contributed by atoms with Gasteiger partial charge in [0.1, 0.15) is 36.6 Å². The van der Waals surface area contributed by atoms with Gasteiger partial charge in [0.25, 0.3) is 5.91 Å². The highest BCUT2D eigenvalue weighted by atomic mass is 32.2. The first-order valence-corrected chi connectivity index (χ1v) is 16.7. The number of fused-ring (bicyclic) bond motifs is 3. The number of nitrogens with one attached hydrogen (secondary N) is 1. The Morgan fingerprint density at radius 2 is 1.84 bits per heavy atom. The van der Waals surface area contributed by atoms with Crippen molar-refractivity contribution in [3.05, 3.63) is 78.0 Å². The highest BCUT2D eigenvalue weighted by Crippen LogP contribution is 2.24. The quantitative estimate of drug-likeness (QED) is 0.377. The fourth-order valence-electron chi connectivity index (χ4n) is 5.63. The number of carbonyl (C=O) groups excluding carboxylic acids is 1. The largest absolute Gasteiger partial charge is 0.490 e. The van der Waals surface area contributed by atoms with Gasteiger partial charge in [0.15, 0.2) is 0 Å². The van der Waals surface area contributed by atoms with Crippen LogP contribution in [-0.2, 0) is 17.4 Å². The van der Waals surface area contributed by atoms with E-state index in [9.17, 15) is 14.1 Å². The predicted molar refractivity (Wildman–Crippen MR) is 168 cm³/mol. The number of hydrogen-bond donors (Lipinski definition) is 2. The molecule has 0 saturated carbocycles. The number of piperidine rings is 2. The average molecular weight is 607 g/mol. The van der Waals surface area contributed by atoms with Crippen molar-refractivity contribution in [1.82, 2.24) is 15.2 Å². The summed E-state index contributed by atoms with van der Waals surface area (Å²) in [5.74, 6) is 2.30. The average Bonchev–Trinajstić information content (AvgIpc) is 3.08. The molecular weight excluding hydrogens is 564 g/mol. The SMILES string of the molecule is CS(=O)c1ccccc1OCC(O)CN(c1ccc(C(=O)N2CCCCC2)cn1)C1CCNCC1.c1cc2ccc1CO2. The summed E-state index contributed by atoms with van der Waals surface area (Å²) in [6.45, 7) is 4.65. The molecule has 0 spiro atoms. The zero-order chi connectivity index (χ0) is 30.0. The third-order valence-electron chi connectivity index (χ3n) is 8.01. The third kappa shape index (κ3) is 8.55. The van der Waals surface area contributed by atoms with Gasteiger partial charge in [-0.25, -0.2) is 4.98 Å². The summed E-state index contributed by atoms with van der Waals surface area (Å²) in [5.41, 5.74) is 1.87. The van der Waals surface area contributed by atoms with Crippen LogP contribution in [-0.4, -0.2) is 82.8 Å². The van der Waals surface area contributed by atoms with E-state index in [2.05, 4.69) is 27.3 Å². The summed E-state index contributed by atoms with van der Waals surface area (Å²) < 4.78 is 23.0. The number of ether oxygens (including phenoxy) is 2. The molecular formula is C33H42N4O5S. The number of rotatable bonds is 9. The molecule has 3 aromatic rings. The number of aliphatic hydroxyl groups is 1. The summed E-state index contributed by atoms with van der Waals surface area (Å²) in [6, 6.07) is 19.3. The molecule has 4 aliphatic rings. The van der Waals surface area contributed by atoms with Crippen molar-refractivity contribution in [3.63, 3.8) is 0 Å². The molecule has 10 heteroatoms. The number of likely N-dealkylation sites (tertiary alicyclic amines) is 1. The van der Waals surface area contributed by atoms with E-state index in [-0.39, 0.29) is 18.6 Å². The van der Waals surface area contributed by atoms with Crippen molar-refractivity contribution in [2.24, 2.45) is 0 Å². The molecule has 2 atom stereocenters. The highest BCUT2D eigenvalue weighted by Gasteiger charge is 2.26. The van der Waals surface area contributed by atoms with Gasteiger partial charge in [0.05, 0.1) is 21.3 Å². The second-order valence-corrected chi connectivity index (χ2v) is 12.5. The number of nitrogens with zero attached hydrogens (tertiary/aromatic N) is 3. The molecule has 4 aliphatic heterocycles. The maximum atomic E-state index is 12.8. The van der Waals surface area contributed by atoms with E-state index in [1.165, 1.54) is 12.0 Å². The van der Waals surface area contributed by atoms with E-state index in [1.807, 2.05) is 41.3 Å². The summed E-state index contributed by atoms with van der Waals surface area (Å²) >= 11 is 0. The van der Waals surface area contributed by atoms with Gasteiger partial charge in [-0.2, -0.15) is 0 Å². The lowest BCUT2D eigenvalue weighted by molar-refractivity contribution is 0.0724. The van der Waals surface area contributed by atoms with E-state index in [1.54, 1.807) is 24.6 Å². The molecule has 2 N–H and O–H groups in total. The Kier molecular flexibility index (Phi) is 11.0. The van der Waals surface area contributed by atoms with Crippen molar-refractivity contribution < 1.29 is 23.6 Å². The minimum Gasteiger partial charge on any atom is -0.490 e. The van der Waals surface area contributed by atoms with Crippen molar-refractivity contribution in [3.8, 4) is 11.5 Å². The molecule has 230 valence electrons. The lowest BCUT2D eigenvalue weighted by atomic mass is 10.0. The van der Waals surface area contributed by atoms with Crippen LogP contribution in [0.25, 0.3) is 0 Å². The lowest BCUT2D eigenvalue weighted by Crippen LogP contribution is -2.47. The smallest absolute Gasteiger partial charge is 0.255 e. The summed E-state index contributed by atoms with van der Waals surface area (Å²) in [5, 5.41) is 14.3. The van der Waals surface area contributed by atoms with Crippen molar-refractivity contribution in [2.75, 3.05) is 50.5 Å². The third-order valence-corrected chi connectivity index (χ3v) is 8.96. The van der Waals surface area contributed by atoms with Crippen LogP contribution < -0.4 is 19.7 Å². The number of pyridine rings is 1. The Morgan fingerprint density at radius 3 is 2.42 bits per heavy atom. The number of aliphatic hydroxyl groups excluding tert-OH is 1. The molecule has 0 radical (unpaired) electrons. The van der Waals surface area contributed by atoms with Crippen molar-refractivity contribution >= 4 is 22.5 Å². The fraction of sp³-hybridized carbons (Fsp3) is 0.455. The van der Waals surface area contributed by atoms with E-state index in [0.29, 0.717) is 22.8 Å². The van der Waals surface area contributed by atoms with Gasteiger partial charge in [-0.15, -0.1) is 0 Å². The zero-order valence-electron chi connectivity index (χ0n) is 24.8. The van der Waals surface area contributed by atoms with Gasteiger partial charge < -0.3 is 29.7 Å². The van der Waals surface area contributed by atoms with Crippen LogP contribution >= 0.6 is 0 Å². The van der Waals surface area contributed by atoms with Gasteiger partial charge in [-0.1, -0.05) is 24.3 Å². The van der Waals surface area contributed by atoms with E-state index in [4.69, 9.17) is 9.47 Å². The number of aromatic nitrogens is 1.